The second kappa shape index (κ2) is 5.22. The Labute approximate surface area is 124 Å². The molecule has 0 atom stereocenters. The van der Waals surface area contributed by atoms with Crippen molar-refractivity contribution in [1.29, 1.82) is 0 Å². The lowest BCUT2D eigenvalue weighted by Gasteiger charge is -2.03. The molecular formula is C13H11ClN4OS. The van der Waals surface area contributed by atoms with Gasteiger partial charge in [0.1, 0.15) is 11.2 Å². The Bertz CT molecular complexity index is 780. The first kappa shape index (κ1) is 13.1. The molecule has 2 heterocycles. The number of hydrogen-bond acceptors (Lipinski definition) is 4. The van der Waals surface area contributed by atoms with E-state index in [2.05, 4.69) is 15.4 Å². The molecule has 5 nitrogen and oxygen atoms in total. The van der Waals surface area contributed by atoms with E-state index >= 15 is 0 Å². The Hall–Kier alpha value is -1.92. The van der Waals surface area contributed by atoms with E-state index in [1.807, 2.05) is 19.1 Å². The highest BCUT2D eigenvalue weighted by Gasteiger charge is 2.14. The molecule has 3 rings (SSSR count). The van der Waals surface area contributed by atoms with Crippen LogP contribution in [-0.4, -0.2) is 20.7 Å². The fraction of sp³-hybridized carbons (Fsp3) is 0.154. The largest absolute Gasteiger partial charge is 0.296 e. The van der Waals surface area contributed by atoms with Crippen molar-refractivity contribution in [3.05, 3.63) is 41.2 Å². The van der Waals surface area contributed by atoms with Gasteiger partial charge >= 0.3 is 0 Å². The molecule has 0 aliphatic carbocycles. The van der Waals surface area contributed by atoms with Crippen LogP contribution in [0.15, 0.2) is 30.5 Å². The number of para-hydroxylation sites is 1. The number of fused-ring (bicyclic) bond motifs is 1. The third-order valence-corrected chi connectivity index (χ3v) is 4.08. The number of aryl methyl sites for hydroxylation is 1. The number of aromatic nitrogens is 3. The molecule has 0 saturated heterocycles. The van der Waals surface area contributed by atoms with Crippen LogP contribution >= 0.6 is 22.9 Å². The van der Waals surface area contributed by atoms with E-state index in [1.54, 1.807) is 23.0 Å². The van der Waals surface area contributed by atoms with Gasteiger partial charge in [-0.15, -0.1) is 0 Å². The topological polar surface area (TPSA) is 59.8 Å². The molecule has 0 aliphatic rings. The van der Waals surface area contributed by atoms with Gasteiger partial charge in [0.15, 0.2) is 5.13 Å². The molecule has 0 aliphatic heterocycles. The number of thiazole rings is 1. The maximum Gasteiger partial charge on any atom is 0.275 e. The Balaban J connectivity index is 1.90. The van der Waals surface area contributed by atoms with Gasteiger partial charge in [-0.25, -0.2) is 4.98 Å². The van der Waals surface area contributed by atoms with E-state index in [-0.39, 0.29) is 5.91 Å². The highest BCUT2D eigenvalue weighted by molar-refractivity contribution is 7.22. The summed E-state index contributed by atoms with van der Waals surface area (Å²) in [4.78, 5) is 16.5. The monoisotopic (exact) mass is 306 g/mol. The molecule has 3 aromatic rings. The summed E-state index contributed by atoms with van der Waals surface area (Å²) in [6.07, 6.45) is 1.60. The lowest BCUT2D eigenvalue weighted by molar-refractivity contribution is 0.101. The molecule has 0 bridgehead atoms. The smallest absolute Gasteiger partial charge is 0.275 e. The standard InChI is InChI=1S/C13H11ClN4OS/c1-2-18-9(6-7-15-18)12(19)17-13-16-11-8(14)4-3-5-10(11)20-13/h3-7H,2H2,1H3,(H,16,17,19). The molecule has 1 aromatic carbocycles. The average Bonchev–Trinajstić information content (AvgIpc) is 3.04. The summed E-state index contributed by atoms with van der Waals surface area (Å²) in [5.41, 5.74) is 1.22. The van der Waals surface area contributed by atoms with Crippen molar-refractivity contribution < 1.29 is 4.79 Å². The molecule has 0 unspecified atom stereocenters. The molecular weight excluding hydrogens is 296 g/mol. The third-order valence-electron chi connectivity index (χ3n) is 2.84. The van der Waals surface area contributed by atoms with Crippen molar-refractivity contribution in [2.45, 2.75) is 13.5 Å². The van der Waals surface area contributed by atoms with Crippen molar-refractivity contribution >= 4 is 44.2 Å². The lowest BCUT2D eigenvalue weighted by Crippen LogP contribution is -2.17. The Kier molecular flexibility index (Phi) is 3.42. The summed E-state index contributed by atoms with van der Waals surface area (Å²) < 4.78 is 2.58. The van der Waals surface area contributed by atoms with E-state index in [9.17, 15) is 4.79 Å². The van der Waals surface area contributed by atoms with Gasteiger partial charge in [-0.05, 0) is 25.1 Å². The van der Waals surface area contributed by atoms with Crippen LogP contribution in [-0.2, 0) is 6.54 Å². The fourth-order valence-electron chi connectivity index (χ4n) is 1.91. The summed E-state index contributed by atoms with van der Waals surface area (Å²) in [5, 5.41) is 7.97. The van der Waals surface area contributed by atoms with Crippen molar-refractivity contribution in [1.82, 2.24) is 14.8 Å². The second-order valence-corrected chi connectivity index (χ2v) is 5.53. The van der Waals surface area contributed by atoms with Crippen LogP contribution in [0.1, 0.15) is 17.4 Å². The highest BCUT2D eigenvalue weighted by atomic mass is 35.5. The van der Waals surface area contributed by atoms with E-state index in [0.717, 1.165) is 4.70 Å². The Morgan fingerprint density at radius 1 is 1.45 bits per heavy atom. The van der Waals surface area contributed by atoms with Crippen LogP contribution in [0.5, 0.6) is 0 Å². The number of halogens is 1. The van der Waals surface area contributed by atoms with E-state index < -0.39 is 0 Å². The van der Waals surface area contributed by atoms with Gasteiger partial charge in [0.25, 0.3) is 5.91 Å². The quantitative estimate of drug-likeness (QED) is 0.806. The zero-order chi connectivity index (χ0) is 14.1. The summed E-state index contributed by atoms with van der Waals surface area (Å²) in [5.74, 6) is -0.223. The Morgan fingerprint density at radius 2 is 2.30 bits per heavy atom. The number of nitrogens with one attached hydrogen (secondary N) is 1. The number of nitrogens with zero attached hydrogens (tertiary/aromatic N) is 3. The number of carbonyl (C=O) groups excluding carboxylic acids is 1. The fourth-order valence-corrected chi connectivity index (χ4v) is 3.07. The lowest BCUT2D eigenvalue weighted by atomic mass is 10.3. The summed E-state index contributed by atoms with van der Waals surface area (Å²) in [7, 11) is 0. The number of anilines is 1. The van der Waals surface area contributed by atoms with Gasteiger partial charge in [-0.1, -0.05) is 29.0 Å². The normalized spacial score (nSPS) is 10.9. The van der Waals surface area contributed by atoms with Crippen molar-refractivity contribution in [2.75, 3.05) is 5.32 Å². The van der Waals surface area contributed by atoms with Crippen LogP contribution in [0.25, 0.3) is 10.2 Å². The number of carbonyl (C=O) groups is 1. The van der Waals surface area contributed by atoms with Crippen LogP contribution < -0.4 is 5.32 Å². The molecule has 20 heavy (non-hydrogen) atoms. The molecule has 0 radical (unpaired) electrons. The third kappa shape index (κ3) is 2.28. The zero-order valence-corrected chi connectivity index (χ0v) is 12.2. The van der Waals surface area contributed by atoms with Crippen LogP contribution in [0.3, 0.4) is 0 Å². The predicted octanol–water partition coefficient (Wildman–Crippen LogP) is 3.42. The van der Waals surface area contributed by atoms with Crippen LogP contribution in [0, 0.1) is 0 Å². The van der Waals surface area contributed by atoms with Gasteiger partial charge in [0.2, 0.25) is 0 Å². The van der Waals surface area contributed by atoms with Crippen molar-refractivity contribution in [2.24, 2.45) is 0 Å². The van der Waals surface area contributed by atoms with E-state index in [1.165, 1.54) is 11.3 Å². The molecule has 0 saturated carbocycles. The van der Waals surface area contributed by atoms with E-state index in [0.29, 0.717) is 27.9 Å². The molecule has 1 amide bonds. The number of rotatable bonds is 3. The maximum absolute atomic E-state index is 12.2. The van der Waals surface area contributed by atoms with E-state index in [4.69, 9.17) is 11.6 Å². The average molecular weight is 307 g/mol. The number of benzene rings is 1. The van der Waals surface area contributed by atoms with Crippen molar-refractivity contribution in [3.8, 4) is 0 Å². The van der Waals surface area contributed by atoms with Crippen LogP contribution in [0.4, 0.5) is 5.13 Å². The first-order valence-electron chi connectivity index (χ1n) is 6.07. The predicted molar refractivity (Wildman–Crippen MR) is 80.5 cm³/mol. The van der Waals surface area contributed by atoms with Gasteiger partial charge in [-0.2, -0.15) is 5.10 Å². The van der Waals surface area contributed by atoms with Gasteiger partial charge in [0, 0.05) is 12.7 Å². The second-order valence-electron chi connectivity index (χ2n) is 4.09. The minimum atomic E-state index is -0.223. The number of hydrogen-bond donors (Lipinski definition) is 1. The molecule has 0 fully saturated rings. The molecule has 0 spiro atoms. The number of amides is 1. The van der Waals surface area contributed by atoms with Crippen LogP contribution in [0.2, 0.25) is 5.02 Å². The first-order chi connectivity index (χ1) is 9.69. The Morgan fingerprint density at radius 3 is 3.05 bits per heavy atom. The zero-order valence-electron chi connectivity index (χ0n) is 10.6. The van der Waals surface area contributed by atoms with Gasteiger partial charge in [-0.3, -0.25) is 14.8 Å². The minimum Gasteiger partial charge on any atom is -0.296 e. The maximum atomic E-state index is 12.2. The molecule has 7 heteroatoms. The van der Waals surface area contributed by atoms with Crippen molar-refractivity contribution in [3.63, 3.8) is 0 Å². The first-order valence-corrected chi connectivity index (χ1v) is 7.26. The summed E-state index contributed by atoms with van der Waals surface area (Å²) in [6, 6.07) is 7.24. The highest BCUT2D eigenvalue weighted by Crippen LogP contribution is 2.30. The summed E-state index contributed by atoms with van der Waals surface area (Å²) in [6.45, 7) is 2.57. The summed E-state index contributed by atoms with van der Waals surface area (Å²) >= 11 is 7.46. The minimum absolute atomic E-state index is 0.223. The molecule has 102 valence electrons. The SMILES string of the molecule is CCn1nccc1C(=O)Nc1nc2c(Cl)cccc2s1. The molecule has 2 aromatic heterocycles. The van der Waals surface area contributed by atoms with Gasteiger partial charge < -0.3 is 0 Å². The van der Waals surface area contributed by atoms with Gasteiger partial charge in [0.05, 0.1) is 9.72 Å². The molecule has 1 N–H and O–H groups in total.